The van der Waals surface area contributed by atoms with Crippen LogP contribution < -0.4 is 5.32 Å². The summed E-state index contributed by atoms with van der Waals surface area (Å²) in [6, 6.07) is 7.71. The van der Waals surface area contributed by atoms with Crippen molar-refractivity contribution in [3.63, 3.8) is 0 Å². The van der Waals surface area contributed by atoms with Crippen LogP contribution in [-0.2, 0) is 11.3 Å². The third-order valence-corrected chi connectivity index (χ3v) is 5.64. The van der Waals surface area contributed by atoms with Crippen LogP contribution in [0.4, 0.5) is 5.13 Å². The van der Waals surface area contributed by atoms with E-state index < -0.39 is 0 Å². The lowest BCUT2D eigenvalue weighted by Crippen LogP contribution is -2.35. The molecule has 7 heteroatoms. The molecule has 0 atom stereocenters. The second kappa shape index (κ2) is 8.80. The molecular weight excluding hydrogens is 354 g/mol. The summed E-state index contributed by atoms with van der Waals surface area (Å²) in [5.41, 5.74) is 1.69. The number of thioether (sulfide) groups is 1. The van der Waals surface area contributed by atoms with Gasteiger partial charge < -0.3 is 4.74 Å². The third kappa shape index (κ3) is 5.28. The fourth-order valence-electron chi connectivity index (χ4n) is 2.60. The minimum Gasteiger partial charge on any atom is -0.379 e. The molecule has 1 aromatic heterocycles. The number of hydrogen-bond donors (Lipinski definition) is 1. The van der Waals surface area contributed by atoms with Crippen LogP contribution in [0.25, 0.3) is 0 Å². The molecule has 0 bridgehead atoms. The molecule has 0 aliphatic carbocycles. The van der Waals surface area contributed by atoms with Gasteiger partial charge in [0.05, 0.1) is 24.5 Å². The number of morpholine rings is 1. The number of rotatable bonds is 6. The molecule has 1 aliphatic rings. The third-order valence-electron chi connectivity index (χ3n) is 3.76. The summed E-state index contributed by atoms with van der Waals surface area (Å²) in [5, 5.41) is 6.03. The first kappa shape index (κ1) is 18.4. The smallest absolute Gasteiger partial charge is 0.258 e. The second-order valence-corrected chi connectivity index (χ2v) is 8.63. The molecule has 3 rings (SSSR count). The van der Waals surface area contributed by atoms with Crippen molar-refractivity contribution in [3.8, 4) is 0 Å². The summed E-state index contributed by atoms with van der Waals surface area (Å²) >= 11 is 3.17. The molecule has 1 fully saturated rings. The Kier molecular flexibility index (Phi) is 6.47. The Labute approximate surface area is 156 Å². The SMILES string of the molecule is CC(C)Sc1ccccc1C(=O)Nc1nc(CN2CCOCC2)cs1. The number of nitrogens with one attached hydrogen (secondary N) is 1. The van der Waals surface area contributed by atoms with Crippen LogP contribution in [0.5, 0.6) is 0 Å². The van der Waals surface area contributed by atoms with E-state index in [4.69, 9.17) is 4.74 Å². The highest BCUT2D eigenvalue weighted by atomic mass is 32.2. The number of amides is 1. The van der Waals surface area contributed by atoms with Gasteiger partial charge in [-0.25, -0.2) is 4.98 Å². The highest BCUT2D eigenvalue weighted by Gasteiger charge is 2.16. The Balaban J connectivity index is 1.63. The van der Waals surface area contributed by atoms with Crippen LogP contribution in [0, 0.1) is 0 Å². The molecule has 5 nitrogen and oxygen atoms in total. The number of benzene rings is 1. The van der Waals surface area contributed by atoms with E-state index >= 15 is 0 Å². The van der Waals surface area contributed by atoms with Crippen molar-refractivity contribution in [1.29, 1.82) is 0 Å². The van der Waals surface area contributed by atoms with Gasteiger partial charge in [0.1, 0.15) is 0 Å². The molecule has 25 heavy (non-hydrogen) atoms. The number of ether oxygens (including phenoxy) is 1. The first-order valence-electron chi connectivity index (χ1n) is 8.43. The molecule has 1 amide bonds. The van der Waals surface area contributed by atoms with Gasteiger partial charge in [-0.15, -0.1) is 23.1 Å². The summed E-state index contributed by atoms with van der Waals surface area (Å²) in [7, 11) is 0. The highest BCUT2D eigenvalue weighted by Crippen LogP contribution is 2.27. The van der Waals surface area contributed by atoms with E-state index in [1.54, 1.807) is 11.8 Å². The van der Waals surface area contributed by atoms with Crippen LogP contribution in [0.1, 0.15) is 29.9 Å². The number of carbonyl (C=O) groups excluding carboxylic acids is 1. The van der Waals surface area contributed by atoms with Crippen LogP contribution in [0.3, 0.4) is 0 Å². The number of hydrogen-bond acceptors (Lipinski definition) is 6. The summed E-state index contributed by atoms with van der Waals surface area (Å²) in [6.45, 7) is 8.46. The van der Waals surface area contributed by atoms with E-state index in [1.807, 2.05) is 29.6 Å². The van der Waals surface area contributed by atoms with Crippen LogP contribution in [0.2, 0.25) is 0 Å². The lowest BCUT2D eigenvalue weighted by molar-refractivity contribution is 0.0337. The molecule has 1 saturated heterocycles. The second-order valence-electron chi connectivity index (χ2n) is 6.15. The van der Waals surface area contributed by atoms with Crippen molar-refractivity contribution in [2.45, 2.75) is 30.5 Å². The molecular formula is C18H23N3O2S2. The Morgan fingerprint density at radius 1 is 1.36 bits per heavy atom. The fraction of sp³-hybridized carbons (Fsp3) is 0.444. The molecule has 0 unspecified atom stereocenters. The predicted molar refractivity (Wildman–Crippen MR) is 104 cm³/mol. The van der Waals surface area contributed by atoms with Gasteiger partial charge in [0, 0.05) is 35.2 Å². The van der Waals surface area contributed by atoms with E-state index in [0.717, 1.165) is 43.4 Å². The molecule has 1 aromatic carbocycles. The normalized spacial score (nSPS) is 15.5. The van der Waals surface area contributed by atoms with Gasteiger partial charge in [0.2, 0.25) is 0 Å². The zero-order chi connectivity index (χ0) is 17.6. The average Bonchev–Trinajstić information content (AvgIpc) is 3.02. The maximum absolute atomic E-state index is 12.6. The largest absolute Gasteiger partial charge is 0.379 e. The predicted octanol–water partition coefficient (Wildman–Crippen LogP) is 3.73. The van der Waals surface area contributed by atoms with E-state index in [-0.39, 0.29) is 5.91 Å². The molecule has 2 heterocycles. The number of anilines is 1. The average molecular weight is 378 g/mol. The summed E-state index contributed by atoms with van der Waals surface area (Å²) in [6.07, 6.45) is 0. The van der Waals surface area contributed by atoms with Crippen LogP contribution in [-0.4, -0.2) is 47.3 Å². The summed E-state index contributed by atoms with van der Waals surface area (Å²) in [4.78, 5) is 20.5. The summed E-state index contributed by atoms with van der Waals surface area (Å²) in [5.74, 6) is -0.101. The van der Waals surface area contributed by atoms with Crippen LogP contribution in [0.15, 0.2) is 34.5 Å². The Morgan fingerprint density at radius 2 is 2.12 bits per heavy atom. The minimum absolute atomic E-state index is 0.101. The molecule has 1 N–H and O–H groups in total. The van der Waals surface area contributed by atoms with Crippen molar-refractivity contribution in [2.24, 2.45) is 0 Å². The van der Waals surface area contributed by atoms with E-state index in [0.29, 0.717) is 15.9 Å². The van der Waals surface area contributed by atoms with Crippen molar-refractivity contribution >= 4 is 34.1 Å². The van der Waals surface area contributed by atoms with Gasteiger partial charge in [-0.3, -0.25) is 15.0 Å². The van der Waals surface area contributed by atoms with Gasteiger partial charge in [0.15, 0.2) is 5.13 Å². The number of thiazole rings is 1. The molecule has 0 spiro atoms. The van der Waals surface area contributed by atoms with E-state index in [1.165, 1.54) is 11.3 Å². The van der Waals surface area contributed by atoms with Gasteiger partial charge >= 0.3 is 0 Å². The van der Waals surface area contributed by atoms with Gasteiger partial charge in [-0.05, 0) is 12.1 Å². The topological polar surface area (TPSA) is 54.5 Å². The Bertz CT molecular complexity index is 712. The number of aromatic nitrogens is 1. The van der Waals surface area contributed by atoms with Crippen molar-refractivity contribution in [3.05, 3.63) is 40.9 Å². The zero-order valence-electron chi connectivity index (χ0n) is 14.5. The van der Waals surface area contributed by atoms with E-state index in [9.17, 15) is 4.79 Å². The number of carbonyl (C=O) groups is 1. The minimum atomic E-state index is -0.101. The van der Waals surface area contributed by atoms with E-state index in [2.05, 4.69) is 29.0 Å². The number of nitrogens with zero attached hydrogens (tertiary/aromatic N) is 2. The molecule has 0 saturated carbocycles. The molecule has 0 radical (unpaired) electrons. The first-order valence-corrected chi connectivity index (χ1v) is 10.2. The maximum Gasteiger partial charge on any atom is 0.258 e. The Hall–Kier alpha value is -1.41. The quantitative estimate of drug-likeness (QED) is 0.778. The van der Waals surface area contributed by atoms with Crippen molar-refractivity contribution in [1.82, 2.24) is 9.88 Å². The first-order chi connectivity index (χ1) is 12.1. The monoisotopic (exact) mass is 377 g/mol. The van der Waals surface area contributed by atoms with Crippen LogP contribution >= 0.6 is 23.1 Å². The van der Waals surface area contributed by atoms with Gasteiger partial charge in [-0.2, -0.15) is 0 Å². The standard InChI is InChI=1S/C18H23N3O2S2/c1-13(2)25-16-6-4-3-5-15(16)17(22)20-18-19-14(12-24-18)11-21-7-9-23-10-8-21/h3-6,12-13H,7-11H2,1-2H3,(H,19,20,22). The lowest BCUT2D eigenvalue weighted by atomic mass is 10.2. The van der Waals surface area contributed by atoms with Crippen molar-refractivity contribution in [2.75, 3.05) is 31.6 Å². The van der Waals surface area contributed by atoms with Crippen molar-refractivity contribution < 1.29 is 9.53 Å². The molecule has 2 aromatic rings. The highest BCUT2D eigenvalue weighted by molar-refractivity contribution is 8.00. The van der Waals surface area contributed by atoms with Gasteiger partial charge in [0.25, 0.3) is 5.91 Å². The zero-order valence-corrected chi connectivity index (χ0v) is 16.2. The molecule has 1 aliphatic heterocycles. The van der Waals surface area contributed by atoms with Gasteiger partial charge in [-0.1, -0.05) is 26.0 Å². The lowest BCUT2D eigenvalue weighted by Gasteiger charge is -2.25. The fourth-order valence-corrected chi connectivity index (χ4v) is 4.25. The summed E-state index contributed by atoms with van der Waals surface area (Å²) < 4.78 is 5.36. The molecule has 134 valence electrons. The maximum atomic E-state index is 12.6. The Morgan fingerprint density at radius 3 is 2.88 bits per heavy atom.